The Balaban J connectivity index is 2.43. The van der Waals surface area contributed by atoms with Crippen LogP contribution in [0.5, 0.6) is 5.75 Å². The van der Waals surface area contributed by atoms with Crippen molar-refractivity contribution in [3.8, 4) is 5.75 Å². The number of aromatic nitrogens is 1. The first-order valence-corrected chi connectivity index (χ1v) is 5.22. The molecule has 1 aromatic heterocycles. The van der Waals surface area contributed by atoms with Crippen LogP contribution in [0.4, 0.5) is 5.82 Å². The molecule has 2 heterocycles. The predicted molar refractivity (Wildman–Crippen MR) is 58.7 cm³/mol. The van der Waals surface area contributed by atoms with Gasteiger partial charge in [0, 0.05) is 19.8 Å². The zero-order chi connectivity index (χ0) is 10.1. The first-order valence-electron chi connectivity index (χ1n) is 4.42. The van der Waals surface area contributed by atoms with Gasteiger partial charge in [-0.1, -0.05) is 0 Å². The van der Waals surface area contributed by atoms with Gasteiger partial charge in [-0.2, -0.15) is 0 Å². The predicted octanol–water partition coefficient (Wildman–Crippen LogP) is 1.000. The number of rotatable bonds is 0. The van der Waals surface area contributed by atoms with Gasteiger partial charge in [-0.15, -0.1) is 0 Å². The highest BCUT2D eigenvalue weighted by atomic mass is 79.9. The molecule has 5 heteroatoms. The fraction of sp³-hybridized carbons (Fsp3) is 0.444. The average molecular weight is 258 g/mol. The van der Waals surface area contributed by atoms with E-state index in [0.29, 0.717) is 6.61 Å². The number of nitrogens with zero attached hydrogens (tertiary/aromatic N) is 2. The molecule has 0 radical (unpaired) electrons. The maximum Gasteiger partial charge on any atom is 0.175 e. The van der Waals surface area contributed by atoms with Gasteiger partial charge in [0.15, 0.2) is 11.6 Å². The zero-order valence-corrected chi connectivity index (χ0v) is 9.49. The van der Waals surface area contributed by atoms with E-state index in [1.165, 1.54) is 0 Å². The number of nitrogens with two attached hydrogens (primary N) is 1. The highest BCUT2D eigenvalue weighted by Gasteiger charge is 2.20. The van der Waals surface area contributed by atoms with Gasteiger partial charge >= 0.3 is 0 Å². The molecule has 0 saturated carbocycles. The van der Waals surface area contributed by atoms with Crippen molar-refractivity contribution in [1.29, 1.82) is 0 Å². The maximum absolute atomic E-state index is 5.84. The van der Waals surface area contributed by atoms with Crippen LogP contribution in [0.25, 0.3) is 0 Å². The van der Waals surface area contributed by atoms with Crippen molar-refractivity contribution in [1.82, 2.24) is 4.98 Å². The van der Waals surface area contributed by atoms with E-state index in [-0.39, 0.29) is 6.04 Å². The summed E-state index contributed by atoms with van der Waals surface area (Å²) in [7, 11) is 1.97. The smallest absolute Gasteiger partial charge is 0.175 e. The molecular weight excluding hydrogens is 246 g/mol. The summed E-state index contributed by atoms with van der Waals surface area (Å²) in [5.41, 5.74) is 5.84. The van der Waals surface area contributed by atoms with E-state index < -0.39 is 0 Å². The fourth-order valence-electron chi connectivity index (χ4n) is 1.50. The fourth-order valence-corrected chi connectivity index (χ4v) is 1.91. The third-order valence-corrected chi connectivity index (χ3v) is 2.77. The number of ether oxygens (including phenoxy) is 1. The second-order valence-electron chi connectivity index (χ2n) is 3.40. The molecule has 0 unspecified atom stereocenters. The Bertz CT molecular complexity index is 345. The molecule has 14 heavy (non-hydrogen) atoms. The third kappa shape index (κ3) is 1.69. The number of hydrogen-bond acceptors (Lipinski definition) is 4. The van der Waals surface area contributed by atoms with Crippen LogP contribution in [-0.2, 0) is 0 Å². The molecule has 0 bridgehead atoms. The van der Waals surface area contributed by atoms with Gasteiger partial charge < -0.3 is 15.4 Å². The van der Waals surface area contributed by atoms with Crippen LogP contribution in [0.15, 0.2) is 16.7 Å². The molecule has 0 aliphatic carbocycles. The number of fused-ring (bicyclic) bond motifs is 1. The lowest BCUT2D eigenvalue weighted by molar-refractivity contribution is 0.298. The van der Waals surface area contributed by atoms with Crippen LogP contribution in [0.2, 0.25) is 0 Å². The summed E-state index contributed by atoms with van der Waals surface area (Å²) in [6, 6.07) is 1.89. The van der Waals surface area contributed by atoms with E-state index in [1.54, 1.807) is 6.20 Å². The van der Waals surface area contributed by atoms with E-state index in [2.05, 4.69) is 20.9 Å². The summed E-state index contributed by atoms with van der Waals surface area (Å²) < 4.78 is 6.51. The Kier molecular flexibility index (Phi) is 2.60. The number of hydrogen-bond donors (Lipinski definition) is 1. The monoisotopic (exact) mass is 257 g/mol. The molecule has 76 valence electrons. The molecule has 4 nitrogen and oxygen atoms in total. The van der Waals surface area contributed by atoms with E-state index in [0.717, 1.165) is 22.6 Å². The minimum absolute atomic E-state index is 0.0288. The standard InChI is InChI=1S/C9H12BrN3O/c1-13-4-6(11)5-14-8-7(10)2-3-12-9(8)13/h2-3,6H,4-5,11H2,1H3/t6-/m0/s1. The second-order valence-corrected chi connectivity index (χ2v) is 4.25. The molecule has 1 aliphatic rings. The van der Waals surface area contributed by atoms with E-state index in [1.807, 2.05) is 18.0 Å². The first-order chi connectivity index (χ1) is 6.68. The lowest BCUT2D eigenvalue weighted by atomic mass is 10.3. The maximum atomic E-state index is 5.84. The SMILES string of the molecule is CN1C[C@H](N)COc2c(Br)ccnc21. The summed E-state index contributed by atoms with van der Waals surface area (Å²) in [5.74, 6) is 1.62. The Morgan fingerprint density at radius 1 is 1.71 bits per heavy atom. The lowest BCUT2D eigenvalue weighted by Gasteiger charge is -2.18. The molecule has 2 N–H and O–H groups in total. The van der Waals surface area contributed by atoms with Crippen molar-refractivity contribution in [2.75, 3.05) is 25.1 Å². The Morgan fingerprint density at radius 3 is 3.29 bits per heavy atom. The number of likely N-dealkylation sites (N-methyl/N-ethyl adjacent to an activating group) is 1. The Hall–Kier alpha value is -0.810. The Labute approximate surface area is 91.2 Å². The van der Waals surface area contributed by atoms with Crippen LogP contribution in [0, 0.1) is 0 Å². The zero-order valence-electron chi connectivity index (χ0n) is 7.90. The summed E-state index contributed by atoms with van der Waals surface area (Å²) in [6.45, 7) is 1.29. The van der Waals surface area contributed by atoms with Crippen molar-refractivity contribution in [2.45, 2.75) is 6.04 Å². The molecular formula is C9H12BrN3O. The van der Waals surface area contributed by atoms with Gasteiger partial charge in [0.2, 0.25) is 0 Å². The van der Waals surface area contributed by atoms with Crippen molar-refractivity contribution in [3.05, 3.63) is 16.7 Å². The van der Waals surface area contributed by atoms with Gasteiger partial charge in [-0.25, -0.2) is 4.98 Å². The molecule has 1 aliphatic heterocycles. The summed E-state index contributed by atoms with van der Waals surface area (Å²) in [5, 5.41) is 0. The van der Waals surface area contributed by atoms with E-state index >= 15 is 0 Å². The average Bonchev–Trinajstić information content (AvgIpc) is 2.28. The molecule has 1 aromatic rings. The van der Waals surface area contributed by atoms with Crippen molar-refractivity contribution < 1.29 is 4.74 Å². The second kappa shape index (κ2) is 3.74. The molecule has 0 spiro atoms. The highest BCUT2D eigenvalue weighted by Crippen LogP contribution is 2.34. The van der Waals surface area contributed by atoms with Crippen LogP contribution < -0.4 is 15.4 Å². The number of halogens is 1. The lowest BCUT2D eigenvalue weighted by Crippen LogP contribution is -2.37. The summed E-state index contributed by atoms with van der Waals surface area (Å²) in [4.78, 5) is 6.28. The minimum atomic E-state index is 0.0288. The van der Waals surface area contributed by atoms with Crippen LogP contribution in [-0.4, -0.2) is 31.2 Å². The van der Waals surface area contributed by atoms with Crippen LogP contribution in [0.3, 0.4) is 0 Å². The van der Waals surface area contributed by atoms with Gasteiger partial charge in [0.05, 0.1) is 10.5 Å². The molecule has 0 amide bonds. The van der Waals surface area contributed by atoms with Crippen molar-refractivity contribution >= 4 is 21.7 Å². The molecule has 1 atom stereocenters. The van der Waals surface area contributed by atoms with Gasteiger partial charge in [-0.3, -0.25) is 0 Å². The van der Waals surface area contributed by atoms with Crippen molar-refractivity contribution in [2.24, 2.45) is 5.73 Å². The quantitative estimate of drug-likeness (QED) is 0.754. The minimum Gasteiger partial charge on any atom is -0.487 e. The molecule has 0 aromatic carbocycles. The van der Waals surface area contributed by atoms with Crippen LogP contribution >= 0.6 is 15.9 Å². The summed E-state index contributed by atoms with van der Waals surface area (Å²) in [6.07, 6.45) is 1.75. The van der Waals surface area contributed by atoms with Gasteiger partial charge in [0.25, 0.3) is 0 Å². The van der Waals surface area contributed by atoms with Gasteiger partial charge in [-0.05, 0) is 22.0 Å². The topological polar surface area (TPSA) is 51.4 Å². The van der Waals surface area contributed by atoms with E-state index in [9.17, 15) is 0 Å². The number of pyridine rings is 1. The highest BCUT2D eigenvalue weighted by molar-refractivity contribution is 9.10. The largest absolute Gasteiger partial charge is 0.487 e. The Morgan fingerprint density at radius 2 is 2.50 bits per heavy atom. The van der Waals surface area contributed by atoms with Crippen molar-refractivity contribution in [3.63, 3.8) is 0 Å². The normalized spacial score (nSPS) is 21.1. The van der Waals surface area contributed by atoms with E-state index in [4.69, 9.17) is 10.5 Å². The molecule has 2 rings (SSSR count). The number of anilines is 1. The third-order valence-electron chi connectivity index (χ3n) is 2.15. The molecule has 0 fully saturated rings. The molecule has 0 saturated heterocycles. The first kappa shape index (κ1) is 9.73. The van der Waals surface area contributed by atoms with Crippen LogP contribution in [0.1, 0.15) is 0 Å². The summed E-state index contributed by atoms with van der Waals surface area (Å²) >= 11 is 3.43. The van der Waals surface area contributed by atoms with Gasteiger partial charge in [0.1, 0.15) is 6.61 Å².